The van der Waals surface area contributed by atoms with Crippen molar-refractivity contribution in [2.75, 3.05) is 6.54 Å². The molecule has 140 valence electrons. The maximum absolute atomic E-state index is 13.6. The second kappa shape index (κ2) is 5.41. The van der Waals surface area contributed by atoms with Gasteiger partial charge in [-0.05, 0) is 37.0 Å². The van der Waals surface area contributed by atoms with Crippen molar-refractivity contribution >= 4 is 17.7 Å². The molecular weight excluding hydrogens is 334 g/mol. The Hall–Kier alpha value is -1.69. The van der Waals surface area contributed by atoms with Gasteiger partial charge in [0.25, 0.3) is 0 Å². The van der Waals surface area contributed by atoms with Crippen molar-refractivity contribution in [1.82, 2.24) is 4.90 Å². The number of hydrogen-bond acceptors (Lipinski definition) is 5. The third kappa shape index (κ3) is 1.89. The number of fused-ring (bicyclic) bond motifs is 1. The summed E-state index contributed by atoms with van der Waals surface area (Å²) < 4.78 is 5.40. The van der Waals surface area contributed by atoms with Gasteiger partial charge in [-0.25, -0.2) is 0 Å². The molecule has 2 aliphatic carbocycles. The summed E-state index contributed by atoms with van der Waals surface area (Å²) in [6.07, 6.45) is 8.10. The molecule has 0 aromatic carbocycles. The molecule has 26 heavy (non-hydrogen) atoms. The number of ether oxygens (including phenoxy) is 1. The molecule has 8 atom stereocenters. The highest BCUT2D eigenvalue weighted by atomic mass is 16.6. The number of rotatable bonds is 2. The highest BCUT2D eigenvalue weighted by molar-refractivity contribution is 6.07. The topological polar surface area (TPSA) is 83.9 Å². The van der Waals surface area contributed by atoms with Crippen LogP contribution < -0.4 is 0 Å². The molecule has 0 radical (unpaired) electrons. The molecule has 5 rings (SSSR count). The number of ketones is 1. The fourth-order valence-corrected chi connectivity index (χ4v) is 6.32. The highest BCUT2D eigenvalue weighted by Gasteiger charge is 2.74. The van der Waals surface area contributed by atoms with Crippen molar-refractivity contribution in [1.29, 1.82) is 0 Å². The molecule has 6 heteroatoms. The van der Waals surface area contributed by atoms with Gasteiger partial charge in [0, 0.05) is 12.5 Å². The van der Waals surface area contributed by atoms with Crippen LogP contribution in [0.2, 0.25) is 0 Å². The van der Waals surface area contributed by atoms with Gasteiger partial charge in [0.1, 0.15) is 11.8 Å². The quantitative estimate of drug-likeness (QED) is 0.456. The molecule has 3 heterocycles. The van der Waals surface area contributed by atoms with Crippen LogP contribution in [0.4, 0.5) is 0 Å². The summed E-state index contributed by atoms with van der Waals surface area (Å²) in [5.74, 6) is -2.24. The number of Topliss-reactive ketones (excluding diaryl/α,β-unsaturated/α-hetero) is 1. The largest absolute Gasteiger partial charge is 0.455 e. The lowest BCUT2D eigenvalue weighted by molar-refractivity contribution is -0.150. The molecule has 1 N–H and O–H groups in total. The monoisotopic (exact) mass is 359 g/mol. The van der Waals surface area contributed by atoms with Gasteiger partial charge in [0.15, 0.2) is 17.6 Å². The lowest BCUT2D eigenvalue weighted by Gasteiger charge is -2.41. The van der Waals surface area contributed by atoms with E-state index in [-0.39, 0.29) is 29.4 Å². The van der Waals surface area contributed by atoms with Gasteiger partial charge in [0.05, 0.1) is 0 Å². The third-order valence-electron chi connectivity index (χ3n) is 7.57. The molecule has 0 spiro atoms. The fourth-order valence-electron chi connectivity index (χ4n) is 6.32. The zero-order chi connectivity index (χ0) is 18.2. The van der Waals surface area contributed by atoms with E-state index < -0.39 is 29.6 Å². The van der Waals surface area contributed by atoms with E-state index in [0.717, 1.165) is 19.3 Å². The minimum atomic E-state index is -1.62. The molecule has 1 saturated carbocycles. The van der Waals surface area contributed by atoms with E-state index in [2.05, 4.69) is 12.2 Å². The van der Waals surface area contributed by atoms with Crippen LogP contribution in [0.5, 0.6) is 0 Å². The predicted octanol–water partition coefficient (Wildman–Crippen LogP) is 1.28. The molecule has 2 unspecified atom stereocenters. The first-order valence-corrected chi connectivity index (χ1v) is 9.91. The van der Waals surface area contributed by atoms with E-state index in [1.165, 1.54) is 11.3 Å². The smallest absolute Gasteiger partial charge is 0.314 e. The van der Waals surface area contributed by atoms with E-state index in [9.17, 15) is 19.5 Å². The Labute approximate surface area is 152 Å². The Morgan fingerprint density at radius 3 is 2.81 bits per heavy atom. The maximum Gasteiger partial charge on any atom is 0.314 e. The Balaban J connectivity index is 1.50. The van der Waals surface area contributed by atoms with E-state index in [1.807, 2.05) is 6.92 Å². The van der Waals surface area contributed by atoms with Crippen LogP contribution in [0.25, 0.3) is 0 Å². The number of carbonyl (C=O) groups is 3. The van der Waals surface area contributed by atoms with Gasteiger partial charge in [-0.2, -0.15) is 0 Å². The predicted molar refractivity (Wildman–Crippen MR) is 90.4 cm³/mol. The number of carbonyl (C=O) groups excluding carboxylic acids is 3. The molecular formula is C20H25NO5. The molecule has 0 aromatic rings. The summed E-state index contributed by atoms with van der Waals surface area (Å²) in [6, 6.07) is 0. The molecule has 0 bridgehead atoms. The van der Waals surface area contributed by atoms with Crippen molar-refractivity contribution in [3.05, 3.63) is 12.2 Å². The summed E-state index contributed by atoms with van der Waals surface area (Å²) in [4.78, 5) is 40.0. The zero-order valence-electron chi connectivity index (χ0n) is 15.0. The average molecular weight is 359 g/mol. The summed E-state index contributed by atoms with van der Waals surface area (Å²) in [5, 5.41) is 11.1. The SMILES string of the molecule is C[C@H]1C=C[C@H]2CCCC[C@@H]2C1C(=O)C1C(=O)N2CC[C@H]3C(=O)O[C@@H]1[C@]32O. The van der Waals surface area contributed by atoms with Crippen LogP contribution >= 0.6 is 0 Å². The van der Waals surface area contributed by atoms with Crippen LogP contribution in [0.3, 0.4) is 0 Å². The van der Waals surface area contributed by atoms with Crippen LogP contribution in [0.15, 0.2) is 12.2 Å². The molecule has 3 saturated heterocycles. The van der Waals surface area contributed by atoms with Gasteiger partial charge in [-0.1, -0.05) is 31.9 Å². The summed E-state index contributed by atoms with van der Waals surface area (Å²) >= 11 is 0. The van der Waals surface area contributed by atoms with E-state index >= 15 is 0 Å². The first kappa shape index (κ1) is 16.5. The molecule has 1 amide bonds. The van der Waals surface area contributed by atoms with Crippen molar-refractivity contribution in [3.63, 3.8) is 0 Å². The fraction of sp³-hybridized carbons (Fsp3) is 0.750. The second-order valence-corrected chi connectivity index (χ2v) is 8.73. The molecule has 6 nitrogen and oxygen atoms in total. The van der Waals surface area contributed by atoms with Crippen LogP contribution in [-0.4, -0.2) is 46.0 Å². The normalized spacial score (nSPS) is 49.2. The van der Waals surface area contributed by atoms with Crippen LogP contribution in [-0.2, 0) is 19.1 Å². The van der Waals surface area contributed by atoms with Crippen LogP contribution in [0.1, 0.15) is 39.0 Å². The van der Waals surface area contributed by atoms with Gasteiger partial charge in [-0.3, -0.25) is 14.4 Å². The zero-order valence-corrected chi connectivity index (χ0v) is 15.0. The second-order valence-electron chi connectivity index (χ2n) is 8.73. The Morgan fingerprint density at radius 1 is 1.23 bits per heavy atom. The van der Waals surface area contributed by atoms with E-state index in [0.29, 0.717) is 18.9 Å². The first-order chi connectivity index (χ1) is 12.4. The number of esters is 1. The standard InChI is InChI=1S/C20H25NO5/c1-10-6-7-11-4-2-3-5-12(11)14(10)16(22)15-17-20(25)13(19(24)26-17)8-9-21(20)18(15)23/h6-7,10-15,17,25H,2-5,8-9H2,1H3/t10-,11+,12-,13-,14?,15?,17-,20+/m0/s1. The molecule has 5 aliphatic rings. The van der Waals surface area contributed by atoms with Gasteiger partial charge in [0.2, 0.25) is 5.91 Å². The number of nitrogens with zero attached hydrogens (tertiary/aromatic N) is 1. The number of amides is 1. The summed E-state index contributed by atoms with van der Waals surface area (Å²) in [6.45, 7) is 2.35. The Morgan fingerprint density at radius 2 is 2.00 bits per heavy atom. The molecule has 0 aromatic heterocycles. The number of aliphatic hydroxyl groups is 1. The Kier molecular flexibility index (Phi) is 3.43. The summed E-state index contributed by atoms with van der Waals surface area (Å²) in [7, 11) is 0. The number of allylic oxidation sites excluding steroid dienone is 2. The highest BCUT2D eigenvalue weighted by Crippen LogP contribution is 2.53. The minimum absolute atomic E-state index is 0.0626. The molecule has 4 fully saturated rings. The van der Waals surface area contributed by atoms with Crippen molar-refractivity contribution in [2.45, 2.75) is 50.9 Å². The Bertz CT molecular complexity index is 717. The summed E-state index contributed by atoms with van der Waals surface area (Å²) in [5.41, 5.74) is -1.62. The van der Waals surface area contributed by atoms with Crippen molar-refractivity contribution in [3.8, 4) is 0 Å². The van der Waals surface area contributed by atoms with Crippen LogP contribution in [0, 0.1) is 35.5 Å². The minimum Gasteiger partial charge on any atom is -0.455 e. The van der Waals surface area contributed by atoms with E-state index in [4.69, 9.17) is 4.74 Å². The average Bonchev–Trinajstić information content (AvgIpc) is 3.17. The van der Waals surface area contributed by atoms with Crippen molar-refractivity contribution < 1.29 is 24.2 Å². The lowest BCUT2D eigenvalue weighted by Crippen LogP contribution is -2.48. The van der Waals surface area contributed by atoms with Crippen molar-refractivity contribution in [2.24, 2.45) is 35.5 Å². The number of hydrogen-bond donors (Lipinski definition) is 1. The molecule has 3 aliphatic heterocycles. The van der Waals surface area contributed by atoms with Gasteiger partial charge in [-0.15, -0.1) is 0 Å². The van der Waals surface area contributed by atoms with Gasteiger partial charge < -0.3 is 14.7 Å². The van der Waals surface area contributed by atoms with E-state index in [1.54, 1.807) is 0 Å². The van der Waals surface area contributed by atoms with Gasteiger partial charge >= 0.3 is 5.97 Å². The lowest BCUT2D eigenvalue weighted by atomic mass is 9.62. The first-order valence-electron chi connectivity index (χ1n) is 9.91. The third-order valence-corrected chi connectivity index (χ3v) is 7.57. The maximum atomic E-state index is 13.6.